The van der Waals surface area contributed by atoms with Crippen LogP contribution in [0, 0.1) is 5.92 Å². The van der Waals surface area contributed by atoms with Gasteiger partial charge in [0.2, 0.25) is 15.9 Å². The Morgan fingerprint density at radius 2 is 1.77 bits per heavy atom. The third-order valence-electron chi connectivity index (χ3n) is 7.00. The van der Waals surface area contributed by atoms with Gasteiger partial charge < -0.3 is 14.6 Å². The molecule has 0 bridgehead atoms. The Balaban J connectivity index is 1.19. The Morgan fingerprint density at radius 1 is 1.03 bits per heavy atom. The number of aromatic nitrogens is 1. The van der Waals surface area contributed by atoms with E-state index in [4.69, 9.17) is 4.42 Å². The summed E-state index contributed by atoms with van der Waals surface area (Å²) in [5.41, 5.74) is 2.59. The largest absolute Gasteiger partial charge is 0.451 e. The van der Waals surface area contributed by atoms with Gasteiger partial charge in [0.25, 0.3) is 0 Å². The molecule has 2 fully saturated rings. The Kier molecular flexibility index (Phi) is 6.99. The summed E-state index contributed by atoms with van der Waals surface area (Å²) < 4.78 is 33.7. The lowest BCUT2D eigenvalue weighted by Gasteiger charge is -2.40. The van der Waals surface area contributed by atoms with Crippen molar-refractivity contribution in [3.63, 3.8) is 0 Å². The smallest absolute Gasteiger partial charge is 0.240 e. The molecule has 0 unspecified atom stereocenters. The first-order chi connectivity index (χ1) is 17.0. The highest BCUT2D eigenvalue weighted by Gasteiger charge is 2.35. The maximum atomic E-state index is 13.4. The van der Waals surface area contributed by atoms with Gasteiger partial charge in [-0.3, -0.25) is 4.79 Å². The molecule has 1 aliphatic heterocycles. The number of sulfonamides is 1. The number of carbonyl (C=O) groups is 1. The summed E-state index contributed by atoms with van der Waals surface area (Å²) in [6.07, 6.45) is 5.52. The molecule has 1 aromatic heterocycles. The van der Waals surface area contributed by atoms with Gasteiger partial charge >= 0.3 is 0 Å². The van der Waals surface area contributed by atoms with E-state index in [9.17, 15) is 13.2 Å². The number of nitrogens with zero attached hydrogens (tertiary/aromatic N) is 2. The normalized spacial score (nSPS) is 23.2. The quantitative estimate of drug-likeness (QED) is 0.545. The Morgan fingerprint density at radius 3 is 2.46 bits per heavy atom. The van der Waals surface area contributed by atoms with Gasteiger partial charge in [0.15, 0.2) is 6.39 Å². The zero-order valence-electron chi connectivity index (χ0n) is 19.5. The molecular formula is C26H30N4O4S. The van der Waals surface area contributed by atoms with Crippen molar-refractivity contribution >= 4 is 15.9 Å². The summed E-state index contributed by atoms with van der Waals surface area (Å²) in [7, 11) is -3.65. The van der Waals surface area contributed by atoms with Crippen molar-refractivity contribution in [3.05, 3.63) is 72.8 Å². The lowest BCUT2D eigenvalue weighted by Crippen LogP contribution is -2.51. The second-order valence-electron chi connectivity index (χ2n) is 9.23. The molecule has 2 heterocycles. The number of benzene rings is 2. The lowest BCUT2D eigenvalue weighted by atomic mass is 9.85. The van der Waals surface area contributed by atoms with Crippen LogP contribution < -0.4 is 10.0 Å². The molecule has 35 heavy (non-hydrogen) atoms. The summed E-state index contributed by atoms with van der Waals surface area (Å²) in [4.78, 5) is 19.7. The number of piperazine rings is 1. The second kappa shape index (κ2) is 10.3. The van der Waals surface area contributed by atoms with E-state index in [-0.39, 0.29) is 28.8 Å². The molecule has 5 rings (SSSR count). The second-order valence-corrected chi connectivity index (χ2v) is 10.9. The molecule has 9 heteroatoms. The van der Waals surface area contributed by atoms with E-state index in [1.807, 2.05) is 23.1 Å². The van der Waals surface area contributed by atoms with Crippen LogP contribution in [0.5, 0.6) is 0 Å². The maximum Gasteiger partial charge on any atom is 0.240 e. The van der Waals surface area contributed by atoms with E-state index in [0.29, 0.717) is 37.9 Å². The van der Waals surface area contributed by atoms with Crippen molar-refractivity contribution in [2.24, 2.45) is 5.92 Å². The first-order valence-electron chi connectivity index (χ1n) is 12.1. The van der Waals surface area contributed by atoms with E-state index >= 15 is 0 Å². The number of oxazole rings is 1. The summed E-state index contributed by atoms with van der Waals surface area (Å²) in [5.74, 6) is 0.118. The topological polar surface area (TPSA) is 105 Å². The van der Waals surface area contributed by atoms with Crippen LogP contribution in [0.25, 0.3) is 11.3 Å². The van der Waals surface area contributed by atoms with Gasteiger partial charge in [0.1, 0.15) is 12.0 Å². The number of rotatable bonds is 6. The van der Waals surface area contributed by atoms with E-state index in [0.717, 1.165) is 24.2 Å². The molecule has 1 atom stereocenters. The van der Waals surface area contributed by atoms with Crippen LogP contribution in [-0.2, 0) is 14.8 Å². The minimum Gasteiger partial charge on any atom is -0.451 e. The highest BCUT2D eigenvalue weighted by atomic mass is 32.2. The van der Waals surface area contributed by atoms with E-state index < -0.39 is 10.0 Å². The number of nitrogens with one attached hydrogen (secondary N) is 2. The molecule has 1 aliphatic carbocycles. The Hall–Kier alpha value is -3.01. The average molecular weight is 495 g/mol. The maximum absolute atomic E-state index is 13.4. The molecular weight excluding hydrogens is 464 g/mol. The van der Waals surface area contributed by atoms with Crippen molar-refractivity contribution < 1.29 is 17.6 Å². The van der Waals surface area contributed by atoms with E-state index in [1.54, 1.807) is 24.3 Å². The molecule has 1 amide bonds. The number of hydrogen-bond acceptors (Lipinski definition) is 6. The van der Waals surface area contributed by atoms with Gasteiger partial charge in [0, 0.05) is 37.2 Å². The molecule has 0 radical (unpaired) electrons. The Bertz CT molecular complexity index is 1220. The zero-order valence-corrected chi connectivity index (χ0v) is 20.3. The van der Waals surface area contributed by atoms with Crippen molar-refractivity contribution in [1.29, 1.82) is 0 Å². The molecule has 184 valence electrons. The monoisotopic (exact) mass is 494 g/mol. The number of amides is 1. The molecule has 0 spiro atoms. The highest BCUT2D eigenvalue weighted by molar-refractivity contribution is 7.89. The first kappa shape index (κ1) is 23.7. The van der Waals surface area contributed by atoms with Crippen LogP contribution in [0.3, 0.4) is 0 Å². The van der Waals surface area contributed by atoms with Crippen LogP contribution in [0.2, 0.25) is 0 Å². The van der Waals surface area contributed by atoms with Gasteiger partial charge in [-0.2, -0.15) is 0 Å². The van der Waals surface area contributed by atoms with Crippen LogP contribution in [0.15, 0.2) is 76.6 Å². The standard InChI is InChI=1S/C26H30N4O4S/c31-26(30-15-14-27-16-25(30)20-4-2-1-3-5-20)21-6-10-22(11-7-21)29-35(32,33)23-12-8-19(9-13-23)24-17-34-18-28-24/h1-5,8-9,12-13,17-18,21-22,25,27,29H,6-7,10-11,14-16H2/t21?,22?,25-/m1/s1. The fraction of sp³-hybridized carbons (Fsp3) is 0.385. The predicted octanol–water partition coefficient (Wildman–Crippen LogP) is 3.35. The van der Waals surface area contributed by atoms with Gasteiger partial charge in [-0.15, -0.1) is 0 Å². The minimum atomic E-state index is -3.65. The molecule has 2 aliphatic rings. The number of carbonyl (C=O) groups excluding carboxylic acids is 1. The van der Waals surface area contributed by atoms with Gasteiger partial charge in [0.05, 0.1) is 10.9 Å². The molecule has 1 saturated carbocycles. The first-order valence-corrected chi connectivity index (χ1v) is 13.6. The fourth-order valence-electron chi connectivity index (χ4n) is 5.08. The molecule has 3 aromatic rings. The lowest BCUT2D eigenvalue weighted by molar-refractivity contribution is -0.140. The predicted molar refractivity (Wildman–Crippen MR) is 132 cm³/mol. The van der Waals surface area contributed by atoms with E-state index in [1.165, 1.54) is 12.7 Å². The summed E-state index contributed by atoms with van der Waals surface area (Å²) in [6.45, 7) is 2.23. The van der Waals surface area contributed by atoms with Crippen molar-refractivity contribution in [1.82, 2.24) is 19.9 Å². The molecule has 2 N–H and O–H groups in total. The molecule has 2 aromatic carbocycles. The average Bonchev–Trinajstić information content (AvgIpc) is 3.44. The SMILES string of the molecule is O=C(C1CCC(NS(=O)(=O)c2ccc(-c3cocn3)cc2)CC1)N1CCNC[C@@H]1c1ccccc1. The van der Waals surface area contributed by atoms with Crippen LogP contribution in [0.4, 0.5) is 0 Å². The Labute approximate surface area is 205 Å². The summed E-state index contributed by atoms with van der Waals surface area (Å²) >= 11 is 0. The van der Waals surface area contributed by atoms with Gasteiger partial charge in [-0.25, -0.2) is 18.1 Å². The zero-order chi connectivity index (χ0) is 24.3. The van der Waals surface area contributed by atoms with Crippen molar-refractivity contribution in [3.8, 4) is 11.3 Å². The molecule has 1 saturated heterocycles. The van der Waals surface area contributed by atoms with Gasteiger partial charge in [-0.1, -0.05) is 42.5 Å². The van der Waals surface area contributed by atoms with Crippen molar-refractivity contribution in [2.45, 2.75) is 42.7 Å². The van der Waals surface area contributed by atoms with Crippen LogP contribution in [-0.4, -0.2) is 49.9 Å². The van der Waals surface area contributed by atoms with Crippen LogP contribution in [0.1, 0.15) is 37.3 Å². The highest BCUT2D eigenvalue weighted by Crippen LogP contribution is 2.31. The summed E-state index contributed by atoms with van der Waals surface area (Å²) in [5, 5.41) is 3.40. The van der Waals surface area contributed by atoms with Crippen molar-refractivity contribution in [2.75, 3.05) is 19.6 Å². The van der Waals surface area contributed by atoms with E-state index in [2.05, 4.69) is 27.2 Å². The third-order valence-corrected chi connectivity index (χ3v) is 8.54. The fourth-order valence-corrected chi connectivity index (χ4v) is 6.39. The summed E-state index contributed by atoms with van der Waals surface area (Å²) in [6, 6.07) is 16.6. The number of hydrogen-bond donors (Lipinski definition) is 2. The third kappa shape index (κ3) is 5.32. The molecule has 8 nitrogen and oxygen atoms in total. The van der Waals surface area contributed by atoms with Gasteiger partial charge in [-0.05, 0) is 43.4 Å². The van der Waals surface area contributed by atoms with Crippen LogP contribution >= 0.6 is 0 Å². The minimum absolute atomic E-state index is 0.0360.